The van der Waals surface area contributed by atoms with Crippen molar-refractivity contribution in [3.05, 3.63) is 11.5 Å². The van der Waals surface area contributed by atoms with Gasteiger partial charge in [0, 0.05) is 0 Å². The molecule has 0 unspecified atom stereocenters. The van der Waals surface area contributed by atoms with E-state index in [9.17, 15) is 4.57 Å². The largest absolute Gasteiger partial charge is 0.368 e. The topological polar surface area (TPSA) is 95.9 Å². The Morgan fingerprint density at radius 2 is 2.24 bits per heavy atom. The Labute approximate surface area is 127 Å². The number of hydrogen-bond donors (Lipinski definition) is 1. The second kappa shape index (κ2) is 5.23. The second-order valence-corrected chi connectivity index (χ2v) is 9.47. The van der Waals surface area contributed by atoms with Crippen LogP contribution in [0.25, 0.3) is 11.2 Å². The van der Waals surface area contributed by atoms with Crippen molar-refractivity contribution < 1.29 is 9.30 Å². The van der Waals surface area contributed by atoms with E-state index in [1.54, 1.807) is 19.7 Å². The third-order valence-corrected chi connectivity index (χ3v) is 5.65. The van der Waals surface area contributed by atoms with Gasteiger partial charge in [0.15, 0.2) is 10.8 Å². The first-order valence-electron chi connectivity index (χ1n) is 6.68. The number of imidazole rings is 1. The number of nitrogens with zero attached hydrogens (tertiary/aromatic N) is 4. The van der Waals surface area contributed by atoms with Crippen molar-refractivity contribution in [2.75, 3.05) is 19.1 Å². The van der Waals surface area contributed by atoms with Gasteiger partial charge in [0.05, 0.1) is 19.0 Å². The third kappa shape index (κ3) is 2.91. The molecule has 0 saturated carbocycles. The first-order chi connectivity index (χ1) is 9.84. The van der Waals surface area contributed by atoms with Crippen molar-refractivity contribution in [1.82, 2.24) is 19.5 Å². The molecule has 1 aliphatic heterocycles. The molecule has 1 saturated heterocycles. The van der Waals surface area contributed by atoms with Gasteiger partial charge in [0.25, 0.3) is 0 Å². The van der Waals surface area contributed by atoms with Crippen LogP contribution in [-0.2, 0) is 15.8 Å². The molecule has 2 atom stereocenters. The zero-order chi connectivity index (χ0) is 15.2. The summed E-state index contributed by atoms with van der Waals surface area (Å²) in [5.41, 5.74) is 6.74. The van der Waals surface area contributed by atoms with Gasteiger partial charge in [-0.05, 0) is 26.2 Å². The molecular formula is C12H17ClN5O2P. The maximum atomic E-state index is 12.1. The van der Waals surface area contributed by atoms with Crippen LogP contribution in [0.1, 0.15) is 12.8 Å². The molecule has 21 heavy (non-hydrogen) atoms. The maximum absolute atomic E-state index is 12.1. The standard InChI is InChI=1S/C12H17ClN5O2P/c1-21(2,19)8-4-3-7(20-8)5-18-6-15-9-10(13)16-12(14)17-11(9)18/h6-8H,3-5H2,1-2H3,(H2,14,16,17)/t7-,8-/m1/s1. The van der Waals surface area contributed by atoms with Crippen molar-refractivity contribution in [3.8, 4) is 0 Å². The van der Waals surface area contributed by atoms with Crippen LogP contribution in [0, 0.1) is 0 Å². The number of aromatic nitrogens is 4. The van der Waals surface area contributed by atoms with Crippen molar-refractivity contribution >= 4 is 35.9 Å². The lowest BCUT2D eigenvalue weighted by molar-refractivity contribution is 0.0749. The first kappa shape index (κ1) is 14.8. The van der Waals surface area contributed by atoms with Gasteiger partial charge < -0.3 is 19.6 Å². The normalized spacial score (nSPS) is 23.0. The van der Waals surface area contributed by atoms with Gasteiger partial charge in [-0.2, -0.15) is 9.97 Å². The van der Waals surface area contributed by atoms with Crippen molar-refractivity contribution in [2.24, 2.45) is 0 Å². The zero-order valence-corrected chi connectivity index (χ0v) is 13.5. The molecule has 1 aliphatic rings. The average molecular weight is 330 g/mol. The molecule has 0 bridgehead atoms. The lowest BCUT2D eigenvalue weighted by atomic mass is 10.2. The van der Waals surface area contributed by atoms with Crippen molar-refractivity contribution in [2.45, 2.75) is 31.3 Å². The van der Waals surface area contributed by atoms with Crippen LogP contribution in [0.3, 0.4) is 0 Å². The summed E-state index contributed by atoms with van der Waals surface area (Å²) in [6.45, 7) is 4.11. The Morgan fingerprint density at radius 1 is 1.48 bits per heavy atom. The minimum atomic E-state index is -2.22. The van der Waals surface area contributed by atoms with E-state index in [0.29, 0.717) is 17.7 Å². The number of halogens is 1. The summed E-state index contributed by atoms with van der Waals surface area (Å²) >= 11 is 6.00. The summed E-state index contributed by atoms with van der Waals surface area (Å²) in [5.74, 6) is -0.0355. The predicted molar refractivity (Wildman–Crippen MR) is 82.1 cm³/mol. The van der Waals surface area contributed by atoms with Crippen LogP contribution in [0.15, 0.2) is 6.33 Å². The number of fused-ring (bicyclic) bond motifs is 1. The SMILES string of the molecule is CP(C)(=O)[C@@H]1CC[C@H](Cn2cnc3c(Cl)nc(N)nc32)O1. The highest BCUT2D eigenvalue weighted by Crippen LogP contribution is 2.49. The minimum absolute atomic E-state index is 0.00408. The van der Waals surface area contributed by atoms with Gasteiger partial charge in [-0.25, -0.2) is 4.98 Å². The lowest BCUT2D eigenvalue weighted by Crippen LogP contribution is -2.17. The Balaban J connectivity index is 1.82. The highest BCUT2D eigenvalue weighted by Gasteiger charge is 2.33. The molecule has 1 fully saturated rings. The minimum Gasteiger partial charge on any atom is -0.368 e. The van der Waals surface area contributed by atoms with E-state index in [0.717, 1.165) is 12.8 Å². The Hall–Kier alpha value is -1.17. The highest BCUT2D eigenvalue weighted by atomic mass is 35.5. The molecule has 114 valence electrons. The van der Waals surface area contributed by atoms with Gasteiger partial charge in [-0.1, -0.05) is 11.6 Å². The van der Waals surface area contributed by atoms with Gasteiger partial charge in [-0.3, -0.25) is 0 Å². The van der Waals surface area contributed by atoms with E-state index in [1.807, 2.05) is 4.57 Å². The van der Waals surface area contributed by atoms with E-state index in [-0.39, 0.29) is 23.1 Å². The molecule has 0 radical (unpaired) electrons. The third-order valence-electron chi connectivity index (χ3n) is 3.62. The summed E-state index contributed by atoms with van der Waals surface area (Å²) in [4.78, 5) is 12.3. The van der Waals surface area contributed by atoms with Crippen LogP contribution in [0.2, 0.25) is 5.15 Å². The van der Waals surface area contributed by atoms with Crippen LogP contribution in [0.5, 0.6) is 0 Å². The molecule has 2 aromatic heterocycles. The fourth-order valence-electron chi connectivity index (χ4n) is 2.56. The summed E-state index contributed by atoms with van der Waals surface area (Å²) in [5, 5.41) is 0.244. The van der Waals surface area contributed by atoms with Gasteiger partial charge in [-0.15, -0.1) is 0 Å². The smallest absolute Gasteiger partial charge is 0.223 e. The molecular weight excluding hydrogens is 313 g/mol. The van der Waals surface area contributed by atoms with Crippen LogP contribution < -0.4 is 5.73 Å². The first-order valence-corrected chi connectivity index (χ1v) is 9.73. The van der Waals surface area contributed by atoms with Gasteiger partial charge >= 0.3 is 0 Å². The number of hydrogen-bond acceptors (Lipinski definition) is 6. The number of rotatable bonds is 3. The molecule has 0 amide bonds. The van der Waals surface area contributed by atoms with E-state index < -0.39 is 7.14 Å². The summed E-state index contributed by atoms with van der Waals surface area (Å²) in [6, 6.07) is 0. The summed E-state index contributed by atoms with van der Waals surface area (Å²) in [6.07, 6.45) is 3.33. The van der Waals surface area contributed by atoms with Crippen LogP contribution >= 0.6 is 18.7 Å². The molecule has 0 aromatic carbocycles. The zero-order valence-electron chi connectivity index (χ0n) is 11.9. The van der Waals surface area contributed by atoms with Gasteiger partial charge in [0.1, 0.15) is 18.5 Å². The fraction of sp³-hybridized carbons (Fsp3) is 0.583. The molecule has 2 aromatic rings. The van der Waals surface area contributed by atoms with Crippen LogP contribution in [-0.4, -0.2) is 44.8 Å². The molecule has 0 aliphatic carbocycles. The molecule has 3 heterocycles. The summed E-state index contributed by atoms with van der Waals surface area (Å²) in [7, 11) is -2.22. The monoisotopic (exact) mass is 329 g/mol. The molecule has 2 N–H and O–H groups in total. The number of anilines is 1. The average Bonchev–Trinajstić information content (AvgIpc) is 2.97. The fourth-order valence-corrected chi connectivity index (χ4v) is 4.01. The molecule has 7 nitrogen and oxygen atoms in total. The highest BCUT2D eigenvalue weighted by molar-refractivity contribution is 7.62. The lowest BCUT2D eigenvalue weighted by Gasteiger charge is -2.17. The molecule has 9 heteroatoms. The Bertz CT molecular complexity index is 728. The van der Waals surface area contributed by atoms with E-state index in [1.165, 1.54) is 0 Å². The van der Waals surface area contributed by atoms with E-state index in [2.05, 4.69) is 15.0 Å². The van der Waals surface area contributed by atoms with Crippen LogP contribution in [0.4, 0.5) is 5.95 Å². The van der Waals surface area contributed by atoms with Gasteiger partial charge in [0.2, 0.25) is 5.95 Å². The predicted octanol–water partition coefficient (Wildman–Crippen LogP) is 2.19. The number of ether oxygens (including phenoxy) is 1. The summed E-state index contributed by atoms with van der Waals surface area (Å²) < 4.78 is 19.8. The maximum Gasteiger partial charge on any atom is 0.223 e. The second-order valence-electron chi connectivity index (χ2n) is 5.67. The number of nitrogen functional groups attached to an aromatic ring is 1. The number of nitrogens with two attached hydrogens (primary N) is 1. The quantitative estimate of drug-likeness (QED) is 0.685. The Morgan fingerprint density at radius 3 is 2.90 bits per heavy atom. The molecule has 0 spiro atoms. The Kier molecular flexibility index (Phi) is 3.67. The van der Waals surface area contributed by atoms with E-state index >= 15 is 0 Å². The van der Waals surface area contributed by atoms with Crippen molar-refractivity contribution in [1.29, 1.82) is 0 Å². The molecule has 3 rings (SSSR count). The van der Waals surface area contributed by atoms with Crippen molar-refractivity contribution in [3.63, 3.8) is 0 Å². The van der Waals surface area contributed by atoms with E-state index in [4.69, 9.17) is 22.1 Å².